The molecule has 2 heteroatoms. The molecule has 0 fully saturated rings. The Labute approximate surface area is 113 Å². The number of esters is 1. The van der Waals surface area contributed by atoms with Crippen LogP contribution in [0.15, 0.2) is 73.3 Å². The molecule has 0 saturated carbocycles. The Morgan fingerprint density at radius 3 is 2.21 bits per heavy atom. The Bertz CT molecular complexity index is 532. The van der Waals surface area contributed by atoms with Gasteiger partial charge in [-0.25, -0.2) is 4.79 Å². The highest BCUT2D eigenvalue weighted by atomic mass is 16.5. The van der Waals surface area contributed by atoms with Gasteiger partial charge in [0.2, 0.25) is 0 Å². The predicted octanol–water partition coefficient (Wildman–Crippen LogP) is 4.16. The van der Waals surface area contributed by atoms with Crippen molar-refractivity contribution >= 4 is 5.97 Å². The summed E-state index contributed by atoms with van der Waals surface area (Å²) in [6.45, 7) is 3.71. The summed E-state index contributed by atoms with van der Waals surface area (Å²) in [5.41, 5.74) is 1.54. The largest absolute Gasteiger partial charge is 0.454 e. The molecule has 2 aromatic carbocycles. The first-order valence-electron chi connectivity index (χ1n) is 6.23. The molecule has 96 valence electrons. The summed E-state index contributed by atoms with van der Waals surface area (Å²) in [7, 11) is 0. The van der Waals surface area contributed by atoms with Gasteiger partial charge in [0.25, 0.3) is 0 Å². The molecule has 0 saturated heterocycles. The molecule has 2 rings (SSSR count). The van der Waals surface area contributed by atoms with E-state index in [1.165, 1.54) is 0 Å². The molecule has 0 N–H and O–H groups in total. The number of carbonyl (C=O) groups is 1. The fourth-order valence-electron chi connectivity index (χ4n) is 1.84. The second-order valence-electron chi connectivity index (χ2n) is 4.20. The molecular weight excluding hydrogens is 236 g/mol. The molecule has 2 aromatic rings. The standard InChI is InChI=1S/C17H16O2/c1-2-9-16(14-10-5-3-6-11-14)19-17(18)15-12-7-4-8-13-15/h2-8,10-13,16H,1,9H2. The zero-order chi connectivity index (χ0) is 13.5. The highest BCUT2D eigenvalue weighted by Gasteiger charge is 2.16. The van der Waals surface area contributed by atoms with Gasteiger partial charge in [0.1, 0.15) is 6.10 Å². The van der Waals surface area contributed by atoms with Gasteiger partial charge >= 0.3 is 5.97 Å². The first kappa shape index (κ1) is 13.1. The summed E-state index contributed by atoms with van der Waals surface area (Å²) >= 11 is 0. The molecular formula is C17H16O2. The van der Waals surface area contributed by atoms with Gasteiger partial charge in [0.05, 0.1) is 5.56 Å². The van der Waals surface area contributed by atoms with Gasteiger partial charge in [-0.2, -0.15) is 0 Å². The van der Waals surface area contributed by atoms with Crippen molar-refractivity contribution in [2.24, 2.45) is 0 Å². The van der Waals surface area contributed by atoms with Crippen LogP contribution in [0, 0.1) is 0 Å². The van der Waals surface area contributed by atoms with Crippen molar-refractivity contribution in [3.8, 4) is 0 Å². The molecule has 0 aliphatic carbocycles. The fraction of sp³-hybridized carbons (Fsp3) is 0.118. The minimum atomic E-state index is -0.309. The number of hydrogen-bond acceptors (Lipinski definition) is 2. The maximum atomic E-state index is 12.0. The van der Waals surface area contributed by atoms with E-state index in [0.29, 0.717) is 12.0 Å². The average molecular weight is 252 g/mol. The third kappa shape index (κ3) is 3.55. The van der Waals surface area contributed by atoms with Gasteiger partial charge in [-0.15, -0.1) is 6.58 Å². The van der Waals surface area contributed by atoms with Crippen LogP contribution in [-0.2, 0) is 4.74 Å². The lowest BCUT2D eigenvalue weighted by atomic mass is 10.1. The van der Waals surface area contributed by atoms with Gasteiger partial charge in [-0.1, -0.05) is 54.6 Å². The lowest BCUT2D eigenvalue weighted by molar-refractivity contribution is 0.0303. The minimum Gasteiger partial charge on any atom is -0.454 e. The summed E-state index contributed by atoms with van der Waals surface area (Å²) in [5.74, 6) is -0.309. The fourth-order valence-corrected chi connectivity index (χ4v) is 1.84. The van der Waals surface area contributed by atoms with Crippen LogP contribution in [0.1, 0.15) is 28.4 Å². The Kier molecular flexibility index (Phi) is 4.51. The van der Waals surface area contributed by atoms with Crippen molar-refractivity contribution in [3.63, 3.8) is 0 Å². The van der Waals surface area contributed by atoms with Crippen molar-refractivity contribution in [1.82, 2.24) is 0 Å². The summed E-state index contributed by atoms with van der Waals surface area (Å²) < 4.78 is 5.55. The van der Waals surface area contributed by atoms with E-state index in [1.807, 2.05) is 48.5 Å². The van der Waals surface area contributed by atoms with Gasteiger partial charge in [0, 0.05) is 6.42 Å². The normalized spacial score (nSPS) is 11.6. The average Bonchev–Trinajstić information content (AvgIpc) is 2.48. The summed E-state index contributed by atoms with van der Waals surface area (Å²) in [4.78, 5) is 12.0. The maximum absolute atomic E-state index is 12.0. The molecule has 19 heavy (non-hydrogen) atoms. The van der Waals surface area contributed by atoms with Crippen molar-refractivity contribution < 1.29 is 9.53 Å². The Morgan fingerprint density at radius 2 is 1.63 bits per heavy atom. The van der Waals surface area contributed by atoms with Crippen LogP contribution in [0.4, 0.5) is 0 Å². The van der Waals surface area contributed by atoms with Gasteiger partial charge in [0.15, 0.2) is 0 Å². The SMILES string of the molecule is C=CCC(OC(=O)c1ccccc1)c1ccccc1. The lowest BCUT2D eigenvalue weighted by Gasteiger charge is -2.16. The van der Waals surface area contributed by atoms with Crippen LogP contribution in [0.3, 0.4) is 0 Å². The second kappa shape index (κ2) is 6.55. The Morgan fingerprint density at radius 1 is 1.05 bits per heavy atom. The number of benzene rings is 2. The van der Waals surface area contributed by atoms with E-state index in [0.717, 1.165) is 5.56 Å². The van der Waals surface area contributed by atoms with Gasteiger partial charge in [-0.3, -0.25) is 0 Å². The zero-order valence-corrected chi connectivity index (χ0v) is 10.7. The van der Waals surface area contributed by atoms with Crippen LogP contribution in [-0.4, -0.2) is 5.97 Å². The first-order valence-corrected chi connectivity index (χ1v) is 6.23. The molecule has 0 aromatic heterocycles. The van der Waals surface area contributed by atoms with Crippen molar-refractivity contribution in [2.75, 3.05) is 0 Å². The Hall–Kier alpha value is -2.35. The van der Waals surface area contributed by atoms with Crippen molar-refractivity contribution in [2.45, 2.75) is 12.5 Å². The summed E-state index contributed by atoms with van der Waals surface area (Å²) in [6, 6.07) is 18.7. The number of rotatable bonds is 5. The molecule has 0 radical (unpaired) electrons. The zero-order valence-electron chi connectivity index (χ0n) is 10.7. The van der Waals surface area contributed by atoms with E-state index in [-0.39, 0.29) is 12.1 Å². The van der Waals surface area contributed by atoms with E-state index < -0.39 is 0 Å². The first-order chi connectivity index (χ1) is 9.31. The van der Waals surface area contributed by atoms with Crippen LogP contribution in [0.25, 0.3) is 0 Å². The second-order valence-corrected chi connectivity index (χ2v) is 4.20. The van der Waals surface area contributed by atoms with Gasteiger partial charge < -0.3 is 4.74 Å². The van der Waals surface area contributed by atoms with Crippen LogP contribution >= 0.6 is 0 Å². The van der Waals surface area contributed by atoms with E-state index >= 15 is 0 Å². The highest BCUT2D eigenvalue weighted by Crippen LogP contribution is 2.22. The smallest absolute Gasteiger partial charge is 0.338 e. The summed E-state index contributed by atoms with van der Waals surface area (Å²) in [6.07, 6.45) is 2.07. The molecule has 1 unspecified atom stereocenters. The predicted molar refractivity (Wildman–Crippen MR) is 75.9 cm³/mol. The van der Waals surface area contributed by atoms with Crippen LogP contribution in [0.2, 0.25) is 0 Å². The molecule has 0 aliphatic rings. The van der Waals surface area contributed by atoms with Crippen molar-refractivity contribution in [1.29, 1.82) is 0 Å². The number of carbonyl (C=O) groups excluding carboxylic acids is 1. The van der Waals surface area contributed by atoms with E-state index in [2.05, 4.69) is 6.58 Å². The molecule has 0 heterocycles. The van der Waals surface area contributed by atoms with Crippen LogP contribution < -0.4 is 0 Å². The third-order valence-electron chi connectivity index (χ3n) is 2.81. The third-order valence-corrected chi connectivity index (χ3v) is 2.81. The molecule has 0 spiro atoms. The van der Waals surface area contributed by atoms with E-state index in [1.54, 1.807) is 18.2 Å². The quantitative estimate of drug-likeness (QED) is 0.590. The van der Waals surface area contributed by atoms with Crippen LogP contribution in [0.5, 0.6) is 0 Å². The molecule has 2 nitrogen and oxygen atoms in total. The number of ether oxygens (including phenoxy) is 1. The van der Waals surface area contributed by atoms with Crippen molar-refractivity contribution in [3.05, 3.63) is 84.4 Å². The molecule has 1 atom stereocenters. The molecule has 0 aliphatic heterocycles. The Balaban J connectivity index is 2.14. The molecule has 0 bridgehead atoms. The lowest BCUT2D eigenvalue weighted by Crippen LogP contribution is -2.11. The maximum Gasteiger partial charge on any atom is 0.338 e. The van der Waals surface area contributed by atoms with E-state index in [9.17, 15) is 4.79 Å². The summed E-state index contributed by atoms with van der Waals surface area (Å²) in [5, 5.41) is 0. The van der Waals surface area contributed by atoms with Gasteiger partial charge in [-0.05, 0) is 17.7 Å². The minimum absolute atomic E-state index is 0.286. The highest BCUT2D eigenvalue weighted by molar-refractivity contribution is 5.89. The molecule has 0 amide bonds. The topological polar surface area (TPSA) is 26.3 Å². The monoisotopic (exact) mass is 252 g/mol. The number of hydrogen-bond donors (Lipinski definition) is 0. The van der Waals surface area contributed by atoms with E-state index in [4.69, 9.17) is 4.74 Å².